The van der Waals surface area contributed by atoms with Gasteiger partial charge in [0.05, 0.1) is 19.6 Å². The fraction of sp³-hybridized carbons (Fsp3) is 0.625. The van der Waals surface area contributed by atoms with E-state index < -0.39 is 41.8 Å². The van der Waals surface area contributed by atoms with Crippen LogP contribution in [0.1, 0.15) is 71.6 Å². The molecule has 0 saturated carbocycles. The van der Waals surface area contributed by atoms with Crippen molar-refractivity contribution < 1.29 is 29.0 Å². The highest BCUT2D eigenvalue weighted by Crippen LogP contribution is 2.37. The van der Waals surface area contributed by atoms with Crippen molar-refractivity contribution in [3.05, 3.63) is 32.6 Å². The van der Waals surface area contributed by atoms with Gasteiger partial charge in [-0.05, 0) is 26.2 Å². The number of ether oxygens (including phenoxy) is 2. The second-order valence-electron chi connectivity index (χ2n) is 9.18. The smallest absolute Gasteiger partial charge is 0.330 e. The number of nitrogens with zero attached hydrogens (tertiary/aromatic N) is 1. The minimum Gasteiger partial charge on any atom is -0.459 e. The summed E-state index contributed by atoms with van der Waals surface area (Å²) in [7, 11) is 0. The van der Waals surface area contributed by atoms with Crippen molar-refractivity contribution in [3.8, 4) is 11.8 Å². The average molecular weight is 492 g/mol. The van der Waals surface area contributed by atoms with Crippen LogP contribution in [0.4, 0.5) is 0 Å². The molecule has 1 amide bonds. The number of ketones is 1. The molecule has 2 unspecified atom stereocenters. The Morgan fingerprint density at radius 2 is 2.03 bits per heavy atom. The Kier molecular flexibility index (Phi) is 9.98. The lowest BCUT2D eigenvalue weighted by Crippen LogP contribution is -2.42. The number of aliphatic hydroxyl groups excluding tert-OH is 1. The number of aliphatic hydroxyl groups is 1. The number of rotatable bonds is 10. The molecule has 3 N–H and O–H groups in total. The van der Waals surface area contributed by atoms with Crippen LogP contribution in [-0.2, 0) is 23.9 Å². The fourth-order valence-electron chi connectivity index (χ4n) is 3.42. The molecular weight excluding hydrogens is 458 g/mol. The first-order chi connectivity index (χ1) is 16.4. The highest BCUT2D eigenvalue weighted by Gasteiger charge is 2.48. The third-order valence-electron chi connectivity index (χ3n) is 5.59. The van der Waals surface area contributed by atoms with E-state index in [1.165, 1.54) is 20.0 Å². The van der Waals surface area contributed by atoms with E-state index in [0.29, 0.717) is 12.3 Å². The fourth-order valence-corrected chi connectivity index (χ4v) is 3.42. The molecule has 35 heavy (non-hydrogen) atoms. The molecule has 0 radical (unpaired) electrons. The van der Waals surface area contributed by atoms with Gasteiger partial charge in [0.15, 0.2) is 0 Å². The van der Waals surface area contributed by atoms with Gasteiger partial charge in [-0.1, -0.05) is 25.7 Å². The second kappa shape index (κ2) is 12.5. The van der Waals surface area contributed by atoms with E-state index in [1.807, 2.05) is 13.8 Å². The molecule has 1 aromatic rings. The lowest BCUT2D eigenvalue weighted by Gasteiger charge is -2.27. The maximum atomic E-state index is 12.4. The minimum atomic E-state index is -1.29. The van der Waals surface area contributed by atoms with Gasteiger partial charge in [0.25, 0.3) is 5.56 Å². The second-order valence-corrected chi connectivity index (χ2v) is 9.18. The quantitative estimate of drug-likeness (QED) is 0.313. The molecule has 1 aliphatic rings. The van der Waals surface area contributed by atoms with E-state index >= 15 is 0 Å². The first kappa shape index (κ1) is 28.0. The molecule has 1 fully saturated rings. The molecule has 3 atom stereocenters. The lowest BCUT2D eigenvalue weighted by molar-refractivity contribution is -0.165. The van der Waals surface area contributed by atoms with Gasteiger partial charge in [-0.2, -0.15) is 0 Å². The van der Waals surface area contributed by atoms with Crippen molar-refractivity contribution in [2.24, 2.45) is 5.92 Å². The molecule has 2 heterocycles. The highest BCUT2D eigenvalue weighted by molar-refractivity contribution is 5.81. The number of aromatic nitrogens is 2. The summed E-state index contributed by atoms with van der Waals surface area (Å²) in [6, 6.07) is 0. The summed E-state index contributed by atoms with van der Waals surface area (Å²) in [6.07, 6.45) is 0.504. The Morgan fingerprint density at radius 1 is 1.31 bits per heavy atom. The predicted octanol–water partition coefficient (Wildman–Crippen LogP) is 0.391. The van der Waals surface area contributed by atoms with E-state index in [2.05, 4.69) is 22.1 Å². The Bertz CT molecular complexity index is 1110. The summed E-state index contributed by atoms with van der Waals surface area (Å²) < 4.78 is 12.4. The molecule has 0 aromatic carbocycles. The lowest BCUT2D eigenvalue weighted by atomic mass is 10.00. The molecule has 11 heteroatoms. The first-order valence-corrected chi connectivity index (χ1v) is 11.5. The number of carbonyl (C=O) groups excluding carboxylic acids is 3. The summed E-state index contributed by atoms with van der Waals surface area (Å²) in [5.74, 6) is 4.81. The molecular formula is C24H33N3O8. The van der Waals surface area contributed by atoms with Crippen LogP contribution in [0, 0.1) is 17.8 Å². The van der Waals surface area contributed by atoms with Crippen LogP contribution in [-0.4, -0.2) is 57.2 Å². The van der Waals surface area contributed by atoms with Gasteiger partial charge in [0, 0.05) is 25.5 Å². The maximum Gasteiger partial charge on any atom is 0.330 e. The predicted molar refractivity (Wildman–Crippen MR) is 125 cm³/mol. The minimum absolute atomic E-state index is 0.0165. The van der Waals surface area contributed by atoms with Gasteiger partial charge in [0.1, 0.15) is 29.3 Å². The zero-order valence-electron chi connectivity index (χ0n) is 20.5. The van der Waals surface area contributed by atoms with Crippen LogP contribution in [0.5, 0.6) is 0 Å². The normalized spacial score (nSPS) is 21.3. The zero-order valence-corrected chi connectivity index (χ0v) is 20.5. The van der Waals surface area contributed by atoms with Gasteiger partial charge in [-0.25, -0.2) is 4.79 Å². The molecule has 0 aliphatic carbocycles. The van der Waals surface area contributed by atoms with Crippen LogP contribution in [0.25, 0.3) is 0 Å². The average Bonchev–Trinajstić information content (AvgIpc) is 3.11. The number of H-pyrrole nitrogens is 1. The van der Waals surface area contributed by atoms with Gasteiger partial charge in [-0.15, -0.1) is 0 Å². The van der Waals surface area contributed by atoms with Crippen LogP contribution in [0.3, 0.4) is 0 Å². The molecule has 0 spiro atoms. The molecule has 1 aliphatic heterocycles. The van der Waals surface area contributed by atoms with Crippen molar-refractivity contribution >= 4 is 17.7 Å². The first-order valence-electron chi connectivity index (χ1n) is 11.5. The van der Waals surface area contributed by atoms with Gasteiger partial charge in [0.2, 0.25) is 5.91 Å². The van der Waals surface area contributed by atoms with Gasteiger partial charge in [-0.3, -0.25) is 23.9 Å². The van der Waals surface area contributed by atoms with E-state index in [9.17, 15) is 29.1 Å². The topological polar surface area (TPSA) is 157 Å². The third-order valence-corrected chi connectivity index (χ3v) is 5.59. The largest absolute Gasteiger partial charge is 0.459 e. The van der Waals surface area contributed by atoms with Crippen LogP contribution >= 0.6 is 0 Å². The Hall–Kier alpha value is -3.23. The summed E-state index contributed by atoms with van der Waals surface area (Å²) in [5.41, 5.74) is -2.76. The van der Waals surface area contributed by atoms with E-state index in [-0.39, 0.29) is 43.1 Å². The Balaban J connectivity index is 2.14. The summed E-state index contributed by atoms with van der Waals surface area (Å²) in [4.78, 5) is 61.8. The van der Waals surface area contributed by atoms with Crippen molar-refractivity contribution in [2.75, 3.05) is 13.2 Å². The van der Waals surface area contributed by atoms with Crippen LogP contribution in [0.2, 0.25) is 0 Å². The molecule has 0 bridgehead atoms. The van der Waals surface area contributed by atoms with Crippen molar-refractivity contribution in [2.45, 2.75) is 77.7 Å². The Labute approximate surface area is 203 Å². The monoisotopic (exact) mass is 491 g/mol. The maximum absolute atomic E-state index is 12.4. The zero-order chi connectivity index (χ0) is 26.2. The number of aromatic amines is 1. The van der Waals surface area contributed by atoms with Crippen LogP contribution < -0.4 is 16.6 Å². The van der Waals surface area contributed by atoms with Crippen LogP contribution in [0.15, 0.2) is 15.8 Å². The number of amides is 1. The summed E-state index contributed by atoms with van der Waals surface area (Å²) in [6.45, 7) is 6.49. The SMILES string of the molecule is CC(=O)CCC(=O)OC1C[C@H](n2cc(C#CCNC(=O)CCC(C)C)c(=O)[nH]c2=O)OC1(C)CO. The molecule has 192 valence electrons. The molecule has 11 nitrogen and oxygen atoms in total. The highest BCUT2D eigenvalue weighted by atomic mass is 16.6. The number of hydrogen-bond acceptors (Lipinski definition) is 8. The summed E-state index contributed by atoms with van der Waals surface area (Å²) in [5, 5.41) is 12.5. The molecule has 2 rings (SSSR count). The number of nitrogens with one attached hydrogen (secondary N) is 2. The van der Waals surface area contributed by atoms with Gasteiger partial charge < -0.3 is 24.7 Å². The van der Waals surface area contributed by atoms with E-state index in [4.69, 9.17) is 9.47 Å². The molecule has 1 saturated heterocycles. The van der Waals surface area contributed by atoms with Crippen molar-refractivity contribution in [1.29, 1.82) is 0 Å². The number of hydrogen-bond donors (Lipinski definition) is 3. The van der Waals surface area contributed by atoms with E-state index in [1.54, 1.807) is 0 Å². The molecule has 1 aromatic heterocycles. The standard InChI is InChI=1S/C24H33N3O8/c1-15(2)7-9-19(30)25-11-5-6-17-13-27(23(33)26-22(17)32)20-12-18(24(4,14-28)35-20)34-21(31)10-8-16(3)29/h13,15,18,20,28H,7-12,14H2,1-4H3,(H,25,30)(H,26,32,33)/t18?,20-,24?/m1/s1. The van der Waals surface area contributed by atoms with Gasteiger partial charge >= 0.3 is 11.7 Å². The number of Topliss-reactive ketones (excluding diaryl/α,β-unsaturated/α-hetero) is 1. The summed E-state index contributed by atoms with van der Waals surface area (Å²) >= 11 is 0. The van der Waals surface area contributed by atoms with Crippen molar-refractivity contribution in [3.63, 3.8) is 0 Å². The van der Waals surface area contributed by atoms with Crippen molar-refractivity contribution in [1.82, 2.24) is 14.9 Å². The Morgan fingerprint density at radius 3 is 2.66 bits per heavy atom. The number of esters is 1. The third kappa shape index (κ3) is 8.19. The van der Waals surface area contributed by atoms with E-state index in [0.717, 1.165) is 11.0 Å². The number of carbonyl (C=O) groups is 3.